The molecule has 0 aliphatic rings. The second kappa shape index (κ2) is 5.07. The molecule has 4 heteroatoms. The summed E-state index contributed by atoms with van der Waals surface area (Å²) in [6, 6.07) is 0. The zero-order valence-corrected chi connectivity index (χ0v) is 8.33. The Labute approximate surface area is 73.5 Å². The summed E-state index contributed by atoms with van der Waals surface area (Å²) in [5, 5.41) is 9.46. The Hall–Kier alpha value is -0.640. The van der Waals surface area contributed by atoms with Gasteiger partial charge in [-0.05, 0) is 33.0 Å². The number of rotatable bonds is 2. The van der Waals surface area contributed by atoms with Gasteiger partial charge in [-0.15, -0.1) is 0 Å². The van der Waals surface area contributed by atoms with Crippen LogP contribution in [0.1, 0.15) is 20.8 Å². The molecule has 0 aliphatic carbocycles. The molecule has 0 aromatic rings. The first kappa shape index (κ1) is 10.4. The normalized spacial score (nSPS) is 8.73. The van der Waals surface area contributed by atoms with Crippen LogP contribution in [0, 0.1) is 0 Å². The van der Waals surface area contributed by atoms with Crippen molar-refractivity contribution in [2.24, 2.45) is 5.10 Å². The smallest absolute Gasteiger partial charge is 0.189 e. The summed E-state index contributed by atoms with van der Waals surface area (Å²) in [6.07, 6.45) is 0. The van der Waals surface area contributed by atoms with Crippen LogP contribution in [0.3, 0.4) is 0 Å². The highest BCUT2D eigenvalue weighted by Gasteiger charge is 1.98. The van der Waals surface area contributed by atoms with Crippen molar-refractivity contribution in [3.05, 3.63) is 0 Å². The quantitative estimate of drug-likeness (QED) is 0.386. The van der Waals surface area contributed by atoms with Gasteiger partial charge in [0.1, 0.15) is 0 Å². The molecule has 0 heterocycles. The maximum atomic E-state index is 5.00. The van der Waals surface area contributed by atoms with Gasteiger partial charge in [-0.25, -0.2) is 5.01 Å². The van der Waals surface area contributed by atoms with Crippen molar-refractivity contribution < 1.29 is 0 Å². The predicted octanol–water partition coefficient (Wildman–Crippen LogP) is 1.21. The molecule has 0 aromatic heterocycles. The number of hydrogen-bond acceptors (Lipinski definition) is 2. The number of nitrogens with one attached hydrogen (secondary N) is 1. The van der Waals surface area contributed by atoms with Crippen LogP contribution in [-0.4, -0.2) is 29.4 Å². The summed E-state index contributed by atoms with van der Waals surface area (Å²) < 4.78 is 0. The molecule has 0 saturated heterocycles. The third-order valence-corrected chi connectivity index (χ3v) is 1.38. The molecule has 11 heavy (non-hydrogen) atoms. The number of nitrogens with zero attached hydrogens (tertiary/aromatic N) is 2. The Balaban J connectivity index is 3.93. The molecule has 3 nitrogen and oxygen atoms in total. The van der Waals surface area contributed by atoms with E-state index in [1.165, 1.54) is 0 Å². The Kier molecular flexibility index (Phi) is 4.77. The van der Waals surface area contributed by atoms with Gasteiger partial charge in [0, 0.05) is 19.3 Å². The molecule has 0 fully saturated rings. The van der Waals surface area contributed by atoms with Gasteiger partial charge >= 0.3 is 0 Å². The molecule has 1 N–H and O–H groups in total. The van der Waals surface area contributed by atoms with E-state index < -0.39 is 0 Å². The molecule has 0 rings (SSSR count). The van der Waals surface area contributed by atoms with Crippen molar-refractivity contribution in [3.63, 3.8) is 0 Å². The van der Waals surface area contributed by atoms with E-state index in [0.29, 0.717) is 5.11 Å². The zero-order chi connectivity index (χ0) is 8.85. The molecule has 0 atom stereocenters. The maximum absolute atomic E-state index is 5.00. The molecule has 0 saturated carbocycles. The molecular formula is C7H15N3S. The van der Waals surface area contributed by atoms with E-state index in [-0.39, 0.29) is 0 Å². The van der Waals surface area contributed by atoms with Crippen LogP contribution in [0.4, 0.5) is 0 Å². The summed E-state index contributed by atoms with van der Waals surface area (Å²) >= 11 is 5.00. The van der Waals surface area contributed by atoms with Crippen molar-refractivity contribution >= 4 is 23.0 Å². The molecule has 0 aromatic carbocycles. The van der Waals surface area contributed by atoms with Crippen LogP contribution in [0.15, 0.2) is 5.10 Å². The van der Waals surface area contributed by atoms with Crippen LogP contribution in [0.2, 0.25) is 0 Å². The minimum Gasteiger partial charge on any atom is -0.361 e. The van der Waals surface area contributed by atoms with E-state index >= 15 is 0 Å². The molecule has 0 spiro atoms. The van der Waals surface area contributed by atoms with Gasteiger partial charge in [0.05, 0.1) is 0 Å². The Morgan fingerprint density at radius 1 is 1.55 bits per heavy atom. The van der Waals surface area contributed by atoms with Crippen molar-refractivity contribution in [3.8, 4) is 0 Å². The van der Waals surface area contributed by atoms with Crippen molar-refractivity contribution in [1.82, 2.24) is 10.3 Å². The third-order valence-electron chi connectivity index (χ3n) is 0.972. The van der Waals surface area contributed by atoms with Gasteiger partial charge < -0.3 is 5.32 Å². The highest BCUT2D eigenvalue weighted by Crippen LogP contribution is 1.87. The number of thiocarbonyl (C=S) groups is 1. The van der Waals surface area contributed by atoms with Gasteiger partial charge in [0.2, 0.25) is 0 Å². The second-order valence-electron chi connectivity index (χ2n) is 2.41. The largest absolute Gasteiger partial charge is 0.361 e. The van der Waals surface area contributed by atoms with E-state index in [0.717, 1.165) is 12.3 Å². The fraction of sp³-hybridized carbons (Fsp3) is 0.714. The molecule has 0 bridgehead atoms. The van der Waals surface area contributed by atoms with Gasteiger partial charge in [-0.3, -0.25) is 0 Å². The van der Waals surface area contributed by atoms with E-state index in [1.807, 2.05) is 27.8 Å². The number of hydrogen-bond donors (Lipinski definition) is 1. The first-order valence-electron chi connectivity index (χ1n) is 3.61. The zero-order valence-electron chi connectivity index (χ0n) is 7.51. The van der Waals surface area contributed by atoms with E-state index in [4.69, 9.17) is 12.2 Å². The summed E-state index contributed by atoms with van der Waals surface area (Å²) in [7, 11) is 1.83. The van der Waals surface area contributed by atoms with Crippen LogP contribution >= 0.6 is 12.2 Å². The van der Waals surface area contributed by atoms with E-state index in [1.54, 1.807) is 5.01 Å². The Morgan fingerprint density at radius 3 is 2.45 bits per heavy atom. The van der Waals surface area contributed by atoms with Crippen LogP contribution in [0.25, 0.3) is 0 Å². The lowest BCUT2D eigenvalue weighted by Crippen LogP contribution is -2.33. The Morgan fingerprint density at radius 2 is 2.09 bits per heavy atom. The fourth-order valence-electron chi connectivity index (χ4n) is 0.611. The molecule has 0 aliphatic heterocycles. The second-order valence-corrected chi connectivity index (χ2v) is 2.79. The van der Waals surface area contributed by atoms with Gasteiger partial charge in [-0.2, -0.15) is 5.10 Å². The lowest BCUT2D eigenvalue weighted by Gasteiger charge is -2.14. The predicted molar refractivity (Wildman–Crippen MR) is 52.8 cm³/mol. The SMILES string of the molecule is CCNC(=S)N(C)N=C(C)C. The molecule has 64 valence electrons. The molecule has 0 amide bonds. The molecule has 0 unspecified atom stereocenters. The first-order chi connectivity index (χ1) is 5.07. The Bertz CT molecular complexity index is 161. The monoisotopic (exact) mass is 173 g/mol. The van der Waals surface area contributed by atoms with Crippen LogP contribution in [-0.2, 0) is 0 Å². The fourth-order valence-corrected chi connectivity index (χ4v) is 0.796. The molecular weight excluding hydrogens is 158 g/mol. The molecule has 0 radical (unpaired) electrons. The van der Waals surface area contributed by atoms with Gasteiger partial charge in [0.15, 0.2) is 5.11 Å². The van der Waals surface area contributed by atoms with E-state index in [2.05, 4.69) is 10.4 Å². The lowest BCUT2D eigenvalue weighted by molar-refractivity contribution is 0.531. The topological polar surface area (TPSA) is 27.6 Å². The van der Waals surface area contributed by atoms with Crippen LogP contribution in [0.5, 0.6) is 0 Å². The standard InChI is InChI=1S/C7H15N3S/c1-5-8-7(11)10(4)9-6(2)3/h5H2,1-4H3,(H,8,11). The summed E-state index contributed by atoms with van der Waals surface area (Å²) in [5.41, 5.74) is 0.993. The van der Waals surface area contributed by atoms with Gasteiger partial charge in [0.25, 0.3) is 0 Å². The van der Waals surface area contributed by atoms with Crippen molar-refractivity contribution in [2.45, 2.75) is 20.8 Å². The van der Waals surface area contributed by atoms with E-state index in [9.17, 15) is 0 Å². The first-order valence-corrected chi connectivity index (χ1v) is 4.02. The average Bonchev–Trinajstić information content (AvgIpc) is 1.86. The van der Waals surface area contributed by atoms with Crippen molar-refractivity contribution in [2.75, 3.05) is 13.6 Å². The third kappa shape index (κ3) is 4.72. The number of hydrazone groups is 1. The average molecular weight is 173 g/mol. The summed E-state index contributed by atoms with van der Waals surface area (Å²) in [4.78, 5) is 0. The highest BCUT2D eigenvalue weighted by molar-refractivity contribution is 7.80. The minimum atomic E-state index is 0.661. The lowest BCUT2D eigenvalue weighted by atomic mass is 10.5. The van der Waals surface area contributed by atoms with Crippen LogP contribution < -0.4 is 5.32 Å². The highest BCUT2D eigenvalue weighted by atomic mass is 32.1. The minimum absolute atomic E-state index is 0.661. The van der Waals surface area contributed by atoms with Crippen molar-refractivity contribution in [1.29, 1.82) is 0 Å². The van der Waals surface area contributed by atoms with Gasteiger partial charge in [-0.1, -0.05) is 0 Å². The summed E-state index contributed by atoms with van der Waals surface area (Å²) in [6.45, 7) is 6.71. The maximum Gasteiger partial charge on any atom is 0.189 e. The summed E-state index contributed by atoms with van der Waals surface area (Å²) in [5.74, 6) is 0.